The fraction of sp³-hybridized carbons (Fsp3) is 0.591. The number of nitrogens with one attached hydrogen (secondary N) is 1. The number of fused-ring (bicyclic) bond motifs is 1. The van der Waals surface area contributed by atoms with Crippen molar-refractivity contribution in [3.63, 3.8) is 0 Å². The fourth-order valence-electron chi connectivity index (χ4n) is 4.04. The zero-order chi connectivity index (χ0) is 20.2. The Kier molecular flexibility index (Phi) is 6.13. The lowest BCUT2D eigenvalue weighted by molar-refractivity contribution is -0.127. The Labute approximate surface area is 173 Å². The van der Waals surface area contributed by atoms with Crippen LogP contribution in [0.2, 0.25) is 0 Å². The summed E-state index contributed by atoms with van der Waals surface area (Å²) in [6, 6.07) is 8.79. The van der Waals surface area contributed by atoms with Gasteiger partial charge in [-0.2, -0.15) is 0 Å². The number of carbonyl (C=O) groups excluding carboxylic acids is 1. The number of aromatic nitrogens is 3. The molecule has 1 amide bonds. The van der Waals surface area contributed by atoms with Gasteiger partial charge in [-0.15, -0.1) is 10.2 Å². The quantitative estimate of drug-likeness (QED) is 0.774. The predicted octanol–water partition coefficient (Wildman–Crippen LogP) is 1.86. The van der Waals surface area contributed by atoms with Crippen molar-refractivity contribution in [3.8, 4) is 0 Å². The maximum absolute atomic E-state index is 12.0. The molecule has 2 heterocycles. The molecule has 1 N–H and O–H groups in total. The Hall–Kier alpha value is -2.41. The molecule has 1 aliphatic heterocycles. The van der Waals surface area contributed by atoms with Crippen molar-refractivity contribution in [2.45, 2.75) is 45.2 Å². The number of anilines is 1. The average molecular weight is 397 g/mol. The molecule has 2 aromatic rings. The van der Waals surface area contributed by atoms with Gasteiger partial charge in [-0.05, 0) is 30.5 Å². The highest BCUT2D eigenvalue weighted by Crippen LogP contribution is 2.26. The molecule has 0 saturated heterocycles. The SMILES string of the molecule is CN(C)c1ccc(CN2CCc3nnc(CCNC(=O)C4CCC4)n3CC2)cc1. The Balaban J connectivity index is 1.29. The first-order valence-corrected chi connectivity index (χ1v) is 10.8. The van der Waals surface area contributed by atoms with Crippen LogP contribution >= 0.6 is 0 Å². The average Bonchev–Trinajstić information content (AvgIpc) is 2.93. The summed E-state index contributed by atoms with van der Waals surface area (Å²) in [5.74, 6) is 2.51. The molecular weight excluding hydrogens is 364 g/mol. The number of benzene rings is 1. The number of rotatable bonds is 7. The van der Waals surface area contributed by atoms with E-state index in [0.717, 1.165) is 63.5 Å². The third-order valence-corrected chi connectivity index (χ3v) is 6.18. The van der Waals surface area contributed by atoms with Gasteiger partial charge >= 0.3 is 0 Å². The second-order valence-corrected chi connectivity index (χ2v) is 8.44. The molecule has 0 atom stereocenters. The number of nitrogens with zero attached hydrogens (tertiary/aromatic N) is 5. The van der Waals surface area contributed by atoms with Crippen LogP contribution in [-0.2, 0) is 30.7 Å². The first-order chi connectivity index (χ1) is 14.1. The van der Waals surface area contributed by atoms with Gasteiger partial charge in [0.15, 0.2) is 0 Å². The maximum Gasteiger partial charge on any atom is 0.223 e. The summed E-state index contributed by atoms with van der Waals surface area (Å²) in [4.78, 5) is 16.6. The van der Waals surface area contributed by atoms with Crippen LogP contribution in [0, 0.1) is 5.92 Å². The molecule has 0 bridgehead atoms. The molecule has 0 radical (unpaired) electrons. The van der Waals surface area contributed by atoms with Gasteiger partial charge in [0, 0.05) is 71.3 Å². The van der Waals surface area contributed by atoms with Gasteiger partial charge in [0.2, 0.25) is 5.91 Å². The highest BCUT2D eigenvalue weighted by Gasteiger charge is 2.25. The van der Waals surface area contributed by atoms with E-state index in [9.17, 15) is 4.79 Å². The van der Waals surface area contributed by atoms with Gasteiger partial charge in [0.25, 0.3) is 0 Å². The topological polar surface area (TPSA) is 66.3 Å². The van der Waals surface area contributed by atoms with Crippen molar-refractivity contribution >= 4 is 11.6 Å². The van der Waals surface area contributed by atoms with Crippen LogP contribution in [0.4, 0.5) is 5.69 Å². The monoisotopic (exact) mass is 396 g/mol. The normalized spacial score (nSPS) is 17.3. The van der Waals surface area contributed by atoms with Crippen LogP contribution in [0.5, 0.6) is 0 Å². The lowest BCUT2D eigenvalue weighted by Crippen LogP contribution is -2.35. The third-order valence-electron chi connectivity index (χ3n) is 6.18. The summed E-state index contributed by atoms with van der Waals surface area (Å²) in [7, 11) is 4.13. The van der Waals surface area contributed by atoms with Gasteiger partial charge in [-0.1, -0.05) is 18.6 Å². The first-order valence-electron chi connectivity index (χ1n) is 10.8. The van der Waals surface area contributed by atoms with Crippen molar-refractivity contribution in [1.29, 1.82) is 0 Å². The van der Waals surface area contributed by atoms with Crippen LogP contribution in [-0.4, -0.2) is 59.3 Å². The number of hydrogen-bond acceptors (Lipinski definition) is 5. The number of carbonyl (C=O) groups is 1. The summed E-state index contributed by atoms with van der Waals surface area (Å²) in [6.07, 6.45) is 4.93. The van der Waals surface area contributed by atoms with Gasteiger partial charge in [0.1, 0.15) is 11.6 Å². The maximum atomic E-state index is 12.0. The highest BCUT2D eigenvalue weighted by atomic mass is 16.1. The Bertz CT molecular complexity index is 824. The highest BCUT2D eigenvalue weighted by molar-refractivity contribution is 5.79. The van der Waals surface area contributed by atoms with Crippen LogP contribution in [0.1, 0.15) is 36.5 Å². The van der Waals surface area contributed by atoms with E-state index in [1.54, 1.807) is 0 Å². The molecular formula is C22H32N6O. The third kappa shape index (κ3) is 4.78. The smallest absolute Gasteiger partial charge is 0.223 e. The molecule has 1 fully saturated rings. The predicted molar refractivity (Wildman–Crippen MR) is 114 cm³/mol. The van der Waals surface area contributed by atoms with Gasteiger partial charge in [-0.3, -0.25) is 9.69 Å². The second-order valence-electron chi connectivity index (χ2n) is 8.44. The van der Waals surface area contributed by atoms with E-state index in [-0.39, 0.29) is 11.8 Å². The number of amides is 1. The fourth-order valence-corrected chi connectivity index (χ4v) is 4.04. The summed E-state index contributed by atoms with van der Waals surface area (Å²) < 4.78 is 2.25. The van der Waals surface area contributed by atoms with Gasteiger partial charge in [0.05, 0.1) is 0 Å². The zero-order valence-electron chi connectivity index (χ0n) is 17.6. The lowest BCUT2D eigenvalue weighted by atomic mass is 9.85. The molecule has 4 rings (SSSR count). The molecule has 1 aliphatic carbocycles. The van der Waals surface area contributed by atoms with Gasteiger partial charge < -0.3 is 14.8 Å². The van der Waals surface area contributed by atoms with Crippen molar-refractivity contribution < 1.29 is 4.79 Å². The molecule has 7 nitrogen and oxygen atoms in total. The van der Waals surface area contributed by atoms with E-state index in [1.807, 2.05) is 0 Å². The minimum Gasteiger partial charge on any atom is -0.378 e. The Morgan fingerprint density at radius 2 is 1.93 bits per heavy atom. The molecule has 1 aromatic carbocycles. The molecule has 7 heteroatoms. The molecule has 1 aromatic heterocycles. The first kappa shape index (κ1) is 19.9. The van der Waals surface area contributed by atoms with E-state index in [4.69, 9.17) is 0 Å². The molecule has 0 unspecified atom stereocenters. The molecule has 1 saturated carbocycles. The lowest BCUT2D eigenvalue weighted by Gasteiger charge is -2.24. The van der Waals surface area contributed by atoms with E-state index in [0.29, 0.717) is 6.54 Å². The van der Waals surface area contributed by atoms with Crippen LogP contribution in [0.15, 0.2) is 24.3 Å². The van der Waals surface area contributed by atoms with Gasteiger partial charge in [-0.25, -0.2) is 0 Å². The van der Waals surface area contributed by atoms with E-state index < -0.39 is 0 Å². The Morgan fingerprint density at radius 3 is 2.62 bits per heavy atom. The zero-order valence-corrected chi connectivity index (χ0v) is 17.6. The Morgan fingerprint density at radius 1 is 1.14 bits per heavy atom. The summed E-state index contributed by atoms with van der Waals surface area (Å²) in [5, 5.41) is 11.9. The van der Waals surface area contributed by atoms with Crippen molar-refractivity contribution in [2.75, 3.05) is 38.6 Å². The van der Waals surface area contributed by atoms with Crippen LogP contribution in [0.3, 0.4) is 0 Å². The van der Waals surface area contributed by atoms with Crippen molar-refractivity contribution in [3.05, 3.63) is 41.5 Å². The van der Waals surface area contributed by atoms with E-state index in [2.05, 4.69) is 68.2 Å². The minimum atomic E-state index is 0.207. The molecule has 156 valence electrons. The summed E-state index contributed by atoms with van der Waals surface area (Å²) >= 11 is 0. The van der Waals surface area contributed by atoms with E-state index >= 15 is 0 Å². The molecule has 0 spiro atoms. The molecule has 29 heavy (non-hydrogen) atoms. The second kappa shape index (κ2) is 8.95. The standard InChI is InChI=1S/C22H32N6O/c1-26(2)19-8-6-17(7-9-19)16-27-13-11-21-25-24-20(28(21)15-14-27)10-12-23-22(29)18-4-3-5-18/h6-9,18H,3-5,10-16H2,1-2H3,(H,23,29). The minimum absolute atomic E-state index is 0.207. The molecule has 2 aliphatic rings. The summed E-state index contributed by atoms with van der Waals surface area (Å²) in [6.45, 7) is 4.49. The van der Waals surface area contributed by atoms with E-state index in [1.165, 1.54) is 17.7 Å². The summed E-state index contributed by atoms with van der Waals surface area (Å²) in [5.41, 5.74) is 2.57. The number of hydrogen-bond donors (Lipinski definition) is 1. The van der Waals surface area contributed by atoms with Crippen LogP contribution in [0.25, 0.3) is 0 Å². The van der Waals surface area contributed by atoms with Crippen molar-refractivity contribution in [1.82, 2.24) is 25.0 Å². The largest absolute Gasteiger partial charge is 0.378 e. The van der Waals surface area contributed by atoms with Crippen LogP contribution < -0.4 is 10.2 Å². The van der Waals surface area contributed by atoms with Crippen molar-refractivity contribution in [2.24, 2.45) is 5.92 Å².